The number of rotatable bonds is 3. The van der Waals surface area contributed by atoms with Crippen LogP contribution in [0.15, 0.2) is 6.07 Å². The van der Waals surface area contributed by atoms with Gasteiger partial charge in [0.1, 0.15) is 0 Å². The predicted molar refractivity (Wildman–Crippen MR) is 85.8 cm³/mol. The maximum absolute atomic E-state index is 4.91. The number of nitrogens with zero attached hydrogens (tertiary/aromatic N) is 3. The van der Waals surface area contributed by atoms with Crippen LogP contribution < -0.4 is 0 Å². The van der Waals surface area contributed by atoms with Gasteiger partial charge >= 0.3 is 0 Å². The Balaban J connectivity index is 2.14. The van der Waals surface area contributed by atoms with Crippen molar-refractivity contribution in [3.63, 3.8) is 0 Å². The molecule has 0 aromatic carbocycles. The number of fused-ring (bicyclic) bond motifs is 3. The maximum atomic E-state index is 4.91. The van der Waals surface area contributed by atoms with Crippen LogP contribution in [0.25, 0.3) is 5.65 Å². The Morgan fingerprint density at radius 2 is 2.10 bits per heavy atom. The number of hydrogen-bond donors (Lipinski definition) is 0. The average molecular weight is 289 g/mol. The predicted octanol–water partition coefficient (Wildman–Crippen LogP) is 3.42. The minimum atomic E-state index is 0.0820. The molecule has 0 bridgehead atoms. The van der Waals surface area contributed by atoms with Crippen molar-refractivity contribution in [3.05, 3.63) is 28.7 Å². The SMILES string of the molecule is CSCCc1nc2cc(C(C)(C)C)nn2c2c1CCC2. The first-order chi connectivity index (χ1) is 9.50. The van der Waals surface area contributed by atoms with E-state index < -0.39 is 0 Å². The van der Waals surface area contributed by atoms with Crippen LogP contribution in [0.5, 0.6) is 0 Å². The fourth-order valence-electron chi connectivity index (χ4n) is 2.90. The molecule has 0 unspecified atom stereocenters. The van der Waals surface area contributed by atoms with Crippen LogP contribution in [-0.2, 0) is 24.7 Å². The van der Waals surface area contributed by atoms with E-state index in [1.807, 2.05) is 11.8 Å². The summed E-state index contributed by atoms with van der Waals surface area (Å²) in [5.74, 6) is 1.15. The van der Waals surface area contributed by atoms with E-state index in [2.05, 4.69) is 37.6 Å². The Kier molecular flexibility index (Phi) is 3.53. The first kappa shape index (κ1) is 13.9. The monoisotopic (exact) mass is 289 g/mol. The van der Waals surface area contributed by atoms with E-state index >= 15 is 0 Å². The average Bonchev–Trinajstić information content (AvgIpc) is 3.00. The first-order valence-corrected chi connectivity index (χ1v) is 8.80. The van der Waals surface area contributed by atoms with Crippen LogP contribution in [0, 0.1) is 0 Å². The highest BCUT2D eigenvalue weighted by Crippen LogP contribution is 2.28. The lowest BCUT2D eigenvalue weighted by molar-refractivity contribution is 0.561. The largest absolute Gasteiger partial charge is 0.233 e. The summed E-state index contributed by atoms with van der Waals surface area (Å²) in [6.07, 6.45) is 6.80. The standard InChI is InChI=1S/C16H23N3S/c1-16(2,3)14-10-15-17-12(8-9-20-4)11-6-5-7-13(11)19(15)18-14/h10H,5-9H2,1-4H3. The van der Waals surface area contributed by atoms with Gasteiger partial charge in [-0.05, 0) is 43.3 Å². The fraction of sp³-hybridized carbons (Fsp3) is 0.625. The third-order valence-electron chi connectivity index (χ3n) is 4.04. The first-order valence-electron chi connectivity index (χ1n) is 7.40. The molecule has 1 aliphatic carbocycles. The van der Waals surface area contributed by atoms with Gasteiger partial charge < -0.3 is 0 Å². The van der Waals surface area contributed by atoms with Gasteiger partial charge in [-0.3, -0.25) is 0 Å². The van der Waals surface area contributed by atoms with Crippen LogP contribution in [0.1, 0.15) is 49.8 Å². The van der Waals surface area contributed by atoms with E-state index in [4.69, 9.17) is 10.1 Å². The molecule has 0 saturated carbocycles. The van der Waals surface area contributed by atoms with Gasteiger partial charge in [0.25, 0.3) is 0 Å². The van der Waals surface area contributed by atoms with Gasteiger partial charge in [0, 0.05) is 22.9 Å². The van der Waals surface area contributed by atoms with Gasteiger partial charge in [-0.1, -0.05) is 20.8 Å². The van der Waals surface area contributed by atoms with Crippen molar-refractivity contribution in [1.29, 1.82) is 0 Å². The summed E-state index contributed by atoms with van der Waals surface area (Å²) in [4.78, 5) is 4.91. The van der Waals surface area contributed by atoms with E-state index in [9.17, 15) is 0 Å². The Morgan fingerprint density at radius 1 is 1.30 bits per heavy atom. The molecule has 2 heterocycles. The van der Waals surface area contributed by atoms with Gasteiger partial charge in [-0.15, -0.1) is 0 Å². The second kappa shape index (κ2) is 5.06. The van der Waals surface area contributed by atoms with E-state index in [1.165, 1.54) is 29.8 Å². The molecule has 3 rings (SSSR count). The lowest BCUT2D eigenvalue weighted by Crippen LogP contribution is -2.12. The fourth-order valence-corrected chi connectivity index (χ4v) is 3.30. The smallest absolute Gasteiger partial charge is 0.155 e. The summed E-state index contributed by atoms with van der Waals surface area (Å²) in [6.45, 7) is 6.64. The number of thioether (sulfide) groups is 1. The minimum Gasteiger partial charge on any atom is -0.233 e. The number of aryl methyl sites for hydroxylation is 2. The summed E-state index contributed by atoms with van der Waals surface area (Å²) in [6, 6.07) is 2.17. The van der Waals surface area contributed by atoms with Gasteiger partial charge in [-0.25, -0.2) is 9.50 Å². The van der Waals surface area contributed by atoms with Crippen molar-refractivity contribution in [2.45, 2.75) is 51.9 Å². The molecule has 0 fully saturated rings. The molecule has 1 aliphatic rings. The van der Waals surface area contributed by atoms with Gasteiger partial charge in [-0.2, -0.15) is 16.9 Å². The quantitative estimate of drug-likeness (QED) is 0.867. The molecule has 0 saturated heterocycles. The summed E-state index contributed by atoms with van der Waals surface area (Å²) in [5.41, 5.74) is 6.43. The van der Waals surface area contributed by atoms with E-state index in [0.29, 0.717) is 0 Å². The number of hydrogen-bond acceptors (Lipinski definition) is 3. The van der Waals surface area contributed by atoms with Crippen LogP contribution in [0.2, 0.25) is 0 Å². The second-order valence-electron chi connectivity index (χ2n) is 6.63. The van der Waals surface area contributed by atoms with Crippen LogP contribution in [0.4, 0.5) is 0 Å². The normalized spacial score (nSPS) is 15.0. The molecule has 0 amide bonds. The van der Waals surface area contributed by atoms with Gasteiger partial charge in [0.05, 0.1) is 5.69 Å². The van der Waals surface area contributed by atoms with E-state index in [0.717, 1.165) is 29.9 Å². The molecular weight excluding hydrogens is 266 g/mol. The third-order valence-corrected chi connectivity index (χ3v) is 4.66. The molecule has 2 aromatic rings. The highest BCUT2D eigenvalue weighted by molar-refractivity contribution is 7.98. The Morgan fingerprint density at radius 3 is 2.80 bits per heavy atom. The van der Waals surface area contributed by atoms with Crippen molar-refractivity contribution in [1.82, 2.24) is 14.6 Å². The van der Waals surface area contributed by atoms with Crippen molar-refractivity contribution >= 4 is 17.4 Å². The summed E-state index contributed by atoms with van der Waals surface area (Å²) < 4.78 is 2.10. The summed E-state index contributed by atoms with van der Waals surface area (Å²) in [7, 11) is 0. The molecule has 0 atom stereocenters. The summed E-state index contributed by atoms with van der Waals surface area (Å²) >= 11 is 1.89. The van der Waals surface area contributed by atoms with Gasteiger partial charge in [0.2, 0.25) is 0 Å². The van der Waals surface area contributed by atoms with Gasteiger partial charge in [0.15, 0.2) is 5.65 Å². The maximum Gasteiger partial charge on any atom is 0.155 e. The summed E-state index contributed by atoms with van der Waals surface area (Å²) in [5, 5.41) is 4.83. The molecule has 108 valence electrons. The Labute approximate surface area is 125 Å². The zero-order chi connectivity index (χ0) is 14.3. The zero-order valence-electron chi connectivity index (χ0n) is 12.9. The zero-order valence-corrected chi connectivity index (χ0v) is 13.7. The molecule has 0 radical (unpaired) electrons. The topological polar surface area (TPSA) is 30.2 Å². The lowest BCUT2D eigenvalue weighted by atomic mass is 9.93. The Bertz CT molecular complexity index is 637. The molecular formula is C16H23N3S. The van der Waals surface area contributed by atoms with Crippen LogP contribution in [0.3, 0.4) is 0 Å². The van der Waals surface area contributed by atoms with E-state index in [1.54, 1.807) is 0 Å². The Hall–Kier alpha value is -1.03. The number of aromatic nitrogens is 3. The highest BCUT2D eigenvalue weighted by atomic mass is 32.2. The van der Waals surface area contributed by atoms with Crippen LogP contribution in [-0.4, -0.2) is 26.6 Å². The second-order valence-corrected chi connectivity index (χ2v) is 7.62. The van der Waals surface area contributed by atoms with Crippen LogP contribution >= 0.6 is 11.8 Å². The van der Waals surface area contributed by atoms with Crippen molar-refractivity contribution in [2.75, 3.05) is 12.0 Å². The van der Waals surface area contributed by atoms with Crippen molar-refractivity contribution in [3.8, 4) is 0 Å². The molecule has 2 aromatic heterocycles. The molecule has 0 N–H and O–H groups in total. The molecule has 20 heavy (non-hydrogen) atoms. The minimum absolute atomic E-state index is 0.0820. The van der Waals surface area contributed by atoms with Crippen molar-refractivity contribution < 1.29 is 0 Å². The molecule has 3 nitrogen and oxygen atoms in total. The molecule has 0 aliphatic heterocycles. The lowest BCUT2D eigenvalue weighted by Gasteiger charge is -2.13. The molecule has 4 heteroatoms. The third kappa shape index (κ3) is 2.34. The molecule has 0 spiro atoms. The van der Waals surface area contributed by atoms with E-state index in [-0.39, 0.29) is 5.41 Å². The van der Waals surface area contributed by atoms with Crippen molar-refractivity contribution in [2.24, 2.45) is 0 Å². The highest BCUT2D eigenvalue weighted by Gasteiger charge is 2.24.